The van der Waals surface area contributed by atoms with Gasteiger partial charge in [0.15, 0.2) is 5.65 Å². The van der Waals surface area contributed by atoms with E-state index in [4.69, 9.17) is 5.73 Å². The molecule has 3 aromatic carbocycles. The lowest BCUT2D eigenvalue weighted by Gasteiger charge is -2.04. The summed E-state index contributed by atoms with van der Waals surface area (Å²) >= 11 is 0. The highest BCUT2D eigenvalue weighted by Crippen LogP contribution is 2.35. The van der Waals surface area contributed by atoms with Crippen LogP contribution in [-0.4, -0.2) is 34.3 Å². The molecule has 0 fully saturated rings. The first-order chi connectivity index (χ1) is 16.5. The van der Waals surface area contributed by atoms with Crippen LogP contribution in [0.2, 0.25) is 0 Å². The van der Waals surface area contributed by atoms with E-state index in [0.29, 0.717) is 11.0 Å². The van der Waals surface area contributed by atoms with Gasteiger partial charge in [-0.05, 0) is 30.3 Å². The molecule has 0 bridgehead atoms. The van der Waals surface area contributed by atoms with E-state index in [0.717, 1.165) is 16.5 Å². The quantitative estimate of drug-likeness (QED) is 0.374. The summed E-state index contributed by atoms with van der Waals surface area (Å²) in [4.78, 5) is 12.5. The van der Waals surface area contributed by atoms with Gasteiger partial charge < -0.3 is 10.7 Å². The first-order valence-corrected chi connectivity index (χ1v) is 12.0. The van der Waals surface area contributed by atoms with Gasteiger partial charge in [0, 0.05) is 22.7 Å². The second-order valence-electron chi connectivity index (χ2n) is 7.76. The molecule has 0 amide bonds. The number of aromatic nitrogens is 4. The summed E-state index contributed by atoms with van der Waals surface area (Å²) in [7, 11) is -3.98. The monoisotopic (exact) mass is 466 g/mol. The van der Waals surface area contributed by atoms with Crippen LogP contribution in [0.4, 0.5) is 5.82 Å². The minimum Gasteiger partial charge on any atom is -0.382 e. The van der Waals surface area contributed by atoms with Gasteiger partial charge in [0.05, 0.1) is 22.1 Å². The van der Waals surface area contributed by atoms with Crippen molar-refractivity contribution >= 4 is 55.0 Å². The number of nitrogens with one attached hydrogen (secondary N) is 1. The van der Waals surface area contributed by atoms with E-state index >= 15 is 0 Å². The van der Waals surface area contributed by atoms with Crippen LogP contribution in [0.1, 0.15) is 5.56 Å². The zero-order valence-electron chi connectivity index (χ0n) is 17.8. The van der Waals surface area contributed by atoms with Crippen LogP contribution in [0.3, 0.4) is 0 Å². The fraction of sp³-hybridized carbons (Fsp3) is 0. The van der Waals surface area contributed by atoms with Gasteiger partial charge in [-0.25, -0.2) is 18.4 Å². The summed E-state index contributed by atoms with van der Waals surface area (Å²) in [5, 5.41) is 5.52. The number of nitrogens with zero attached hydrogens (tertiary/aromatic N) is 4. The third kappa shape index (κ3) is 3.06. The lowest BCUT2D eigenvalue weighted by Crippen LogP contribution is -2.06. The fourth-order valence-electron chi connectivity index (χ4n) is 4.04. The number of nitrogen functional groups attached to an aromatic ring is 1. The molecule has 0 radical (unpaired) electrons. The Labute approximate surface area is 194 Å². The first kappa shape index (κ1) is 20.1. The molecule has 0 aliphatic carbocycles. The molecule has 3 heterocycles. The Balaban J connectivity index is 1.63. The molecular formula is C25H18N6O2S. The predicted octanol–water partition coefficient (Wildman–Crippen LogP) is 4.36. The van der Waals surface area contributed by atoms with Gasteiger partial charge in [0.25, 0.3) is 0 Å². The van der Waals surface area contributed by atoms with Crippen LogP contribution in [0.15, 0.2) is 100.0 Å². The molecule has 3 aromatic heterocycles. The SMILES string of the molecule is Nc1c(S(=O)(=O)c2ccccc2)c2nc3ccccc3nc2n1/N=C\c1c[nH]c2ccccc12. The normalized spacial score (nSPS) is 12.4. The van der Waals surface area contributed by atoms with Gasteiger partial charge in [-0.3, -0.25) is 0 Å². The van der Waals surface area contributed by atoms with Crippen LogP contribution >= 0.6 is 0 Å². The third-order valence-electron chi connectivity index (χ3n) is 5.68. The van der Waals surface area contributed by atoms with Crippen molar-refractivity contribution in [1.29, 1.82) is 0 Å². The van der Waals surface area contributed by atoms with Crippen molar-refractivity contribution in [3.8, 4) is 0 Å². The van der Waals surface area contributed by atoms with Crippen LogP contribution in [0, 0.1) is 0 Å². The first-order valence-electron chi connectivity index (χ1n) is 10.5. The number of H-pyrrole nitrogens is 1. The van der Waals surface area contributed by atoms with Crippen molar-refractivity contribution < 1.29 is 8.42 Å². The van der Waals surface area contributed by atoms with Crippen molar-refractivity contribution in [2.24, 2.45) is 5.10 Å². The molecular weight excluding hydrogens is 448 g/mol. The van der Waals surface area contributed by atoms with Crippen LogP contribution in [0.5, 0.6) is 0 Å². The third-order valence-corrected chi connectivity index (χ3v) is 7.52. The minimum atomic E-state index is -3.98. The summed E-state index contributed by atoms with van der Waals surface area (Å²) in [6.45, 7) is 0. The van der Waals surface area contributed by atoms with Crippen LogP contribution < -0.4 is 5.73 Å². The molecule has 0 saturated carbocycles. The van der Waals surface area contributed by atoms with E-state index in [-0.39, 0.29) is 26.8 Å². The highest BCUT2D eigenvalue weighted by atomic mass is 32.2. The molecule has 0 unspecified atom stereocenters. The van der Waals surface area contributed by atoms with Gasteiger partial charge in [0.2, 0.25) is 9.84 Å². The van der Waals surface area contributed by atoms with Gasteiger partial charge in [-0.2, -0.15) is 9.78 Å². The Morgan fingerprint density at radius 3 is 2.35 bits per heavy atom. The molecule has 0 atom stereocenters. The maximum Gasteiger partial charge on any atom is 0.212 e. The predicted molar refractivity (Wildman–Crippen MR) is 133 cm³/mol. The molecule has 6 aromatic rings. The smallest absolute Gasteiger partial charge is 0.212 e. The summed E-state index contributed by atoms with van der Waals surface area (Å²) in [5.74, 6) is -0.0507. The van der Waals surface area contributed by atoms with E-state index in [1.807, 2.05) is 48.7 Å². The maximum absolute atomic E-state index is 13.6. The second kappa shape index (κ2) is 7.53. The van der Waals surface area contributed by atoms with Crippen LogP contribution in [0.25, 0.3) is 33.1 Å². The Bertz CT molecular complexity index is 1840. The van der Waals surface area contributed by atoms with Crippen LogP contribution in [-0.2, 0) is 9.84 Å². The lowest BCUT2D eigenvalue weighted by atomic mass is 10.2. The molecule has 0 spiro atoms. The number of fused-ring (bicyclic) bond motifs is 3. The molecule has 0 saturated heterocycles. The van der Waals surface area contributed by atoms with Crippen molar-refractivity contribution in [3.63, 3.8) is 0 Å². The van der Waals surface area contributed by atoms with Crippen molar-refractivity contribution in [3.05, 3.63) is 90.6 Å². The minimum absolute atomic E-state index is 0.0507. The highest BCUT2D eigenvalue weighted by Gasteiger charge is 2.30. The zero-order valence-corrected chi connectivity index (χ0v) is 18.6. The summed E-state index contributed by atoms with van der Waals surface area (Å²) in [6.07, 6.45) is 3.46. The molecule has 166 valence electrons. The lowest BCUT2D eigenvalue weighted by molar-refractivity contribution is 0.597. The number of anilines is 1. The number of benzene rings is 3. The Morgan fingerprint density at radius 1 is 0.882 bits per heavy atom. The topological polar surface area (TPSA) is 119 Å². The number of rotatable bonds is 4. The summed E-state index contributed by atoms with van der Waals surface area (Å²) in [6, 6.07) is 23.2. The molecule has 0 aliphatic heterocycles. The Hall–Kier alpha value is -4.50. The molecule has 6 rings (SSSR count). The molecule has 34 heavy (non-hydrogen) atoms. The molecule has 9 heteroatoms. The van der Waals surface area contributed by atoms with Gasteiger partial charge in [-0.1, -0.05) is 48.5 Å². The van der Waals surface area contributed by atoms with E-state index in [2.05, 4.69) is 20.1 Å². The Kier molecular flexibility index (Phi) is 4.46. The van der Waals surface area contributed by atoms with Gasteiger partial charge >= 0.3 is 0 Å². The standard InChI is InChI=1S/C25H18N6O2S/c26-24-23(34(32,33)17-8-2-1-3-9-17)22-25(30-21-13-7-6-12-20(21)29-22)31(24)28-15-16-14-27-19-11-5-4-10-18(16)19/h1-15,27H,26H2/b28-15-. The largest absolute Gasteiger partial charge is 0.382 e. The summed E-state index contributed by atoms with van der Waals surface area (Å²) < 4.78 is 28.6. The number of aromatic amines is 1. The van der Waals surface area contributed by atoms with Gasteiger partial charge in [-0.15, -0.1) is 0 Å². The Morgan fingerprint density at radius 2 is 1.56 bits per heavy atom. The average Bonchev–Trinajstić information content (AvgIpc) is 3.39. The molecule has 8 nitrogen and oxygen atoms in total. The van der Waals surface area contributed by atoms with E-state index < -0.39 is 9.84 Å². The zero-order chi connectivity index (χ0) is 23.3. The van der Waals surface area contributed by atoms with Gasteiger partial charge in [0.1, 0.15) is 16.2 Å². The van der Waals surface area contributed by atoms with E-state index in [1.54, 1.807) is 30.5 Å². The number of nitrogens with two attached hydrogens (primary N) is 1. The maximum atomic E-state index is 13.6. The fourth-order valence-corrected chi connectivity index (χ4v) is 5.55. The van der Waals surface area contributed by atoms with Crippen molar-refractivity contribution in [1.82, 2.24) is 19.6 Å². The van der Waals surface area contributed by atoms with Crippen molar-refractivity contribution in [2.75, 3.05) is 5.73 Å². The highest BCUT2D eigenvalue weighted by molar-refractivity contribution is 7.92. The number of para-hydroxylation sites is 3. The van der Waals surface area contributed by atoms with E-state index in [1.165, 1.54) is 16.8 Å². The molecule has 0 aliphatic rings. The second-order valence-corrected chi connectivity index (χ2v) is 9.65. The number of hydrogen-bond acceptors (Lipinski definition) is 6. The average molecular weight is 467 g/mol. The molecule has 3 N–H and O–H groups in total. The number of sulfone groups is 1. The number of hydrogen-bond donors (Lipinski definition) is 2. The van der Waals surface area contributed by atoms with Crippen molar-refractivity contribution in [2.45, 2.75) is 9.79 Å². The van der Waals surface area contributed by atoms with E-state index in [9.17, 15) is 8.42 Å². The summed E-state index contributed by atoms with van der Waals surface area (Å²) in [5.41, 5.74) is 9.85.